The minimum atomic E-state index is -0.204. The van der Waals surface area contributed by atoms with E-state index in [9.17, 15) is 4.79 Å². The van der Waals surface area contributed by atoms with Crippen molar-refractivity contribution in [3.63, 3.8) is 0 Å². The number of amides is 1. The fourth-order valence-electron chi connectivity index (χ4n) is 1.57. The van der Waals surface area contributed by atoms with Gasteiger partial charge in [0.05, 0.1) is 18.4 Å². The number of carbonyl (C=O) groups is 1. The number of hydrogen-bond acceptors (Lipinski definition) is 3. The van der Waals surface area contributed by atoms with Crippen LogP contribution in [-0.4, -0.2) is 11.0 Å². The minimum Gasteiger partial charge on any atom is -0.457 e. The van der Waals surface area contributed by atoms with Gasteiger partial charge in [-0.1, -0.05) is 24.3 Å². The number of aliphatic hydroxyl groups excluding tert-OH is 1. The first-order chi connectivity index (χ1) is 8.70. The Balaban J connectivity index is 1.99. The molecule has 1 aromatic heterocycles. The number of rotatable bonds is 4. The van der Waals surface area contributed by atoms with Gasteiger partial charge in [0, 0.05) is 6.54 Å². The number of benzene rings is 1. The van der Waals surface area contributed by atoms with Crippen molar-refractivity contribution in [2.24, 2.45) is 0 Å². The lowest BCUT2D eigenvalue weighted by atomic mass is 10.1. The molecule has 0 aliphatic heterocycles. The lowest BCUT2D eigenvalue weighted by Gasteiger charge is -2.05. The van der Waals surface area contributed by atoms with Crippen molar-refractivity contribution in [2.45, 2.75) is 13.2 Å². The molecule has 0 fully saturated rings. The van der Waals surface area contributed by atoms with Crippen LogP contribution in [0.25, 0.3) is 0 Å². The van der Waals surface area contributed by atoms with Crippen molar-refractivity contribution in [1.82, 2.24) is 5.32 Å². The highest BCUT2D eigenvalue weighted by atomic mass is 79.9. The SMILES string of the molecule is O=C(NCc1cccc(CO)c1)c1ccoc1Br. The third-order valence-corrected chi connectivity index (χ3v) is 3.10. The maximum atomic E-state index is 11.8. The predicted molar refractivity (Wildman–Crippen MR) is 69.9 cm³/mol. The summed E-state index contributed by atoms with van der Waals surface area (Å²) in [6.07, 6.45) is 1.45. The molecule has 2 rings (SSSR count). The van der Waals surface area contributed by atoms with Crippen LogP contribution in [0.2, 0.25) is 0 Å². The van der Waals surface area contributed by atoms with E-state index in [-0.39, 0.29) is 12.5 Å². The Morgan fingerprint density at radius 2 is 2.11 bits per heavy atom. The van der Waals surface area contributed by atoms with Crippen molar-refractivity contribution in [2.75, 3.05) is 0 Å². The first kappa shape index (κ1) is 12.9. The zero-order chi connectivity index (χ0) is 13.0. The molecule has 0 bridgehead atoms. The van der Waals surface area contributed by atoms with E-state index in [1.165, 1.54) is 6.26 Å². The van der Waals surface area contributed by atoms with E-state index >= 15 is 0 Å². The molecule has 0 saturated heterocycles. The molecular weight excluding hydrogens is 298 g/mol. The van der Waals surface area contributed by atoms with Crippen molar-refractivity contribution < 1.29 is 14.3 Å². The summed E-state index contributed by atoms with van der Waals surface area (Å²) in [6.45, 7) is 0.402. The highest BCUT2D eigenvalue weighted by molar-refractivity contribution is 9.10. The summed E-state index contributed by atoms with van der Waals surface area (Å²) in [6, 6.07) is 9.02. The van der Waals surface area contributed by atoms with Gasteiger partial charge in [0.15, 0.2) is 4.67 Å². The van der Waals surface area contributed by atoms with Gasteiger partial charge in [-0.3, -0.25) is 4.79 Å². The van der Waals surface area contributed by atoms with Gasteiger partial charge in [0.1, 0.15) is 0 Å². The normalized spacial score (nSPS) is 10.3. The number of nitrogens with one attached hydrogen (secondary N) is 1. The average molecular weight is 310 g/mol. The Morgan fingerprint density at radius 3 is 2.78 bits per heavy atom. The first-order valence-corrected chi connectivity index (χ1v) is 6.20. The second kappa shape index (κ2) is 5.84. The molecule has 0 saturated carbocycles. The zero-order valence-corrected chi connectivity index (χ0v) is 11.1. The van der Waals surface area contributed by atoms with E-state index in [0.717, 1.165) is 11.1 Å². The van der Waals surface area contributed by atoms with E-state index in [2.05, 4.69) is 21.2 Å². The molecular formula is C13H12BrNO3. The maximum absolute atomic E-state index is 11.8. The smallest absolute Gasteiger partial charge is 0.256 e. The molecule has 18 heavy (non-hydrogen) atoms. The lowest BCUT2D eigenvalue weighted by molar-refractivity contribution is 0.0949. The van der Waals surface area contributed by atoms with Crippen LogP contribution in [0.15, 0.2) is 45.7 Å². The van der Waals surface area contributed by atoms with Crippen LogP contribution in [-0.2, 0) is 13.2 Å². The molecule has 0 unspecified atom stereocenters. The molecule has 0 atom stereocenters. The van der Waals surface area contributed by atoms with Gasteiger partial charge in [-0.25, -0.2) is 0 Å². The Morgan fingerprint density at radius 1 is 1.33 bits per heavy atom. The van der Waals surface area contributed by atoms with E-state index < -0.39 is 0 Å². The van der Waals surface area contributed by atoms with Crippen LogP contribution in [0.3, 0.4) is 0 Å². The van der Waals surface area contributed by atoms with Crippen LogP contribution in [0.4, 0.5) is 0 Å². The van der Waals surface area contributed by atoms with Crippen molar-refractivity contribution in [3.05, 3.63) is 58.0 Å². The van der Waals surface area contributed by atoms with Crippen LogP contribution in [0, 0.1) is 0 Å². The predicted octanol–water partition coefficient (Wildman–Crippen LogP) is 2.46. The average Bonchev–Trinajstić information content (AvgIpc) is 2.82. The molecule has 1 aromatic carbocycles. The van der Waals surface area contributed by atoms with Gasteiger partial charge >= 0.3 is 0 Å². The van der Waals surface area contributed by atoms with Gasteiger partial charge in [0.25, 0.3) is 5.91 Å². The molecule has 5 heteroatoms. The number of halogens is 1. The highest BCUT2D eigenvalue weighted by Crippen LogP contribution is 2.17. The Hall–Kier alpha value is -1.59. The Bertz CT molecular complexity index is 551. The monoisotopic (exact) mass is 309 g/mol. The quantitative estimate of drug-likeness (QED) is 0.912. The molecule has 1 heterocycles. The number of carbonyl (C=O) groups excluding carboxylic acids is 1. The van der Waals surface area contributed by atoms with E-state index in [1.807, 2.05) is 24.3 Å². The number of aliphatic hydroxyl groups is 1. The second-order valence-electron chi connectivity index (χ2n) is 3.77. The van der Waals surface area contributed by atoms with Crippen molar-refractivity contribution in [3.8, 4) is 0 Å². The molecule has 94 valence electrons. The molecule has 0 radical (unpaired) electrons. The molecule has 0 aliphatic rings. The molecule has 0 aliphatic carbocycles. The number of furan rings is 1. The fraction of sp³-hybridized carbons (Fsp3) is 0.154. The lowest BCUT2D eigenvalue weighted by Crippen LogP contribution is -2.22. The van der Waals surface area contributed by atoms with E-state index in [1.54, 1.807) is 6.07 Å². The zero-order valence-electron chi connectivity index (χ0n) is 9.52. The van der Waals surface area contributed by atoms with Crippen LogP contribution in [0.1, 0.15) is 21.5 Å². The summed E-state index contributed by atoms with van der Waals surface area (Å²) in [5, 5.41) is 11.8. The molecule has 2 aromatic rings. The third kappa shape index (κ3) is 3.00. The summed E-state index contributed by atoms with van der Waals surface area (Å²) in [7, 11) is 0. The van der Waals surface area contributed by atoms with Gasteiger partial charge in [-0.05, 0) is 33.1 Å². The van der Waals surface area contributed by atoms with Gasteiger partial charge in [-0.2, -0.15) is 0 Å². The Labute approximate surface area is 113 Å². The maximum Gasteiger partial charge on any atom is 0.256 e. The van der Waals surface area contributed by atoms with Gasteiger partial charge in [-0.15, -0.1) is 0 Å². The van der Waals surface area contributed by atoms with Crippen molar-refractivity contribution in [1.29, 1.82) is 0 Å². The first-order valence-electron chi connectivity index (χ1n) is 5.40. The molecule has 4 nitrogen and oxygen atoms in total. The molecule has 1 amide bonds. The van der Waals surface area contributed by atoms with E-state index in [0.29, 0.717) is 16.8 Å². The summed E-state index contributed by atoms with van der Waals surface area (Å²) >= 11 is 3.16. The third-order valence-electron chi connectivity index (χ3n) is 2.49. The topological polar surface area (TPSA) is 62.5 Å². The summed E-state index contributed by atoms with van der Waals surface area (Å²) in [5.74, 6) is -0.204. The fourth-order valence-corrected chi connectivity index (χ4v) is 1.99. The van der Waals surface area contributed by atoms with Crippen LogP contribution >= 0.6 is 15.9 Å². The summed E-state index contributed by atoms with van der Waals surface area (Å²) in [4.78, 5) is 11.8. The Kier molecular flexibility index (Phi) is 4.17. The molecule has 0 spiro atoms. The minimum absolute atomic E-state index is 0.00490. The van der Waals surface area contributed by atoms with Gasteiger partial charge < -0.3 is 14.8 Å². The summed E-state index contributed by atoms with van der Waals surface area (Å²) < 4.78 is 5.42. The molecule has 2 N–H and O–H groups in total. The van der Waals surface area contributed by atoms with E-state index in [4.69, 9.17) is 9.52 Å². The number of hydrogen-bond donors (Lipinski definition) is 2. The summed E-state index contributed by atoms with van der Waals surface area (Å²) in [5.41, 5.74) is 2.23. The largest absolute Gasteiger partial charge is 0.457 e. The van der Waals surface area contributed by atoms with Gasteiger partial charge in [0.2, 0.25) is 0 Å². The standard InChI is InChI=1S/C13H12BrNO3/c14-12-11(4-5-18-12)13(17)15-7-9-2-1-3-10(6-9)8-16/h1-6,16H,7-8H2,(H,15,17). The highest BCUT2D eigenvalue weighted by Gasteiger charge is 2.11. The second-order valence-corrected chi connectivity index (χ2v) is 4.49. The van der Waals surface area contributed by atoms with Crippen LogP contribution < -0.4 is 5.32 Å². The van der Waals surface area contributed by atoms with Crippen LogP contribution in [0.5, 0.6) is 0 Å². The van der Waals surface area contributed by atoms with Crippen molar-refractivity contribution >= 4 is 21.8 Å².